The Morgan fingerprint density at radius 2 is 1.78 bits per heavy atom. The van der Waals surface area contributed by atoms with Crippen LogP contribution in [0.5, 0.6) is 0 Å². The van der Waals surface area contributed by atoms with Crippen molar-refractivity contribution < 1.29 is 9.59 Å². The van der Waals surface area contributed by atoms with E-state index in [4.69, 9.17) is 0 Å². The molecule has 37 heavy (non-hydrogen) atoms. The van der Waals surface area contributed by atoms with Gasteiger partial charge in [-0.15, -0.1) is 11.3 Å². The van der Waals surface area contributed by atoms with E-state index in [0.717, 1.165) is 43.0 Å². The minimum atomic E-state index is -0.181. The lowest BCUT2D eigenvalue weighted by Crippen LogP contribution is -2.44. The Balaban J connectivity index is 1.13. The number of aliphatic imine (C=N–C) groups is 1. The number of ketones is 1. The third-order valence-electron chi connectivity index (χ3n) is 7.83. The van der Waals surface area contributed by atoms with Crippen LogP contribution in [0.2, 0.25) is 0 Å². The van der Waals surface area contributed by atoms with Crippen molar-refractivity contribution in [2.45, 2.75) is 31.7 Å². The van der Waals surface area contributed by atoms with E-state index in [1.165, 1.54) is 17.7 Å². The number of hydrogen-bond acceptors (Lipinski definition) is 6. The zero-order chi connectivity index (χ0) is 25.4. The number of rotatable bonds is 7. The van der Waals surface area contributed by atoms with E-state index in [0.29, 0.717) is 41.8 Å². The quantitative estimate of drug-likeness (QED) is 0.455. The van der Waals surface area contributed by atoms with Crippen LogP contribution in [-0.4, -0.2) is 55.7 Å². The van der Waals surface area contributed by atoms with Gasteiger partial charge in [-0.2, -0.15) is 0 Å². The predicted octanol–water partition coefficient (Wildman–Crippen LogP) is 4.96. The number of amides is 1. The highest BCUT2D eigenvalue weighted by Gasteiger charge is 2.34. The molecule has 1 saturated heterocycles. The van der Waals surface area contributed by atoms with Gasteiger partial charge in [0.25, 0.3) is 5.91 Å². The number of amidine groups is 1. The first-order valence-electron chi connectivity index (χ1n) is 13.1. The molecule has 2 aromatic carbocycles. The number of hydrogen-bond donors (Lipinski definition) is 1. The molecule has 7 heteroatoms. The predicted molar refractivity (Wildman–Crippen MR) is 149 cm³/mol. The van der Waals surface area contributed by atoms with Crippen LogP contribution in [0.15, 0.2) is 65.0 Å². The summed E-state index contributed by atoms with van der Waals surface area (Å²) in [6.45, 7) is 4.58. The minimum absolute atomic E-state index is 0.158. The first kappa shape index (κ1) is 24.1. The summed E-state index contributed by atoms with van der Waals surface area (Å²) >= 11 is 1.75. The van der Waals surface area contributed by atoms with Crippen LogP contribution >= 0.6 is 11.3 Å². The second-order valence-corrected chi connectivity index (χ2v) is 11.4. The molecule has 1 amide bonds. The number of nitrogens with zero attached hydrogens (tertiary/aromatic N) is 3. The third kappa shape index (κ3) is 5.24. The van der Waals surface area contributed by atoms with E-state index in [2.05, 4.69) is 44.7 Å². The second kappa shape index (κ2) is 10.2. The Kier molecular flexibility index (Phi) is 6.65. The molecule has 1 atom stereocenters. The zero-order valence-corrected chi connectivity index (χ0v) is 22.0. The largest absolute Gasteiger partial charge is 0.369 e. The monoisotopic (exact) mass is 512 g/mol. The van der Waals surface area contributed by atoms with Gasteiger partial charge in [-0.25, -0.2) is 0 Å². The van der Waals surface area contributed by atoms with Gasteiger partial charge in [0.2, 0.25) is 0 Å². The fraction of sp³-hybridized carbons (Fsp3) is 0.367. The lowest BCUT2D eigenvalue weighted by atomic mass is 9.91. The Hall–Kier alpha value is -3.29. The van der Waals surface area contributed by atoms with E-state index in [9.17, 15) is 9.59 Å². The van der Waals surface area contributed by atoms with Gasteiger partial charge < -0.3 is 15.1 Å². The van der Waals surface area contributed by atoms with Crippen LogP contribution < -0.4 is 10.2 Å². The van der Waals surface area contributed by atoms with Crippen molar-refractivity contribution in [2.75, 3.05) is 38.1 Å². The molecule has 3 aliphatic rings. The summed E-state index contributed by atoms with van der Waals surface area (Å²) in [6.07, 6.45) is 2.95. The molecule has 1 aliphatic carbocycles. The molecule has 6 nitrogen and oxygen atoms in total. The number of nitrogens with one attached hydrogen (secondary N) is 1. The number of anilines is 1. The number of Topliss-reactive ketones (excluding diaryl/α,β-unsaturated/α-hetero) is 1. The van der Waals surface area contributed by atoms with Crippen LogP contribution in [0.4, 0.5) is 5.69 Å². The molecule has 6 rings (SSSR count). The smallest absolute Gasteiger partial charge is 0.256 e. The first-order chi connectivity index (χ1) is 18.0. The van der Waals surface area contributed by atoms with Gasteiger partial charge in [0.1, 0.15) is 5.84 Å². The maximum atomic E-state index is 13.3. The van der Waals surface area contributed by atoms with E-state index < -0.39 is 0 Å². The molecule has 1 unspecified atom stereocenters. The van der Waals surface area contributed by atoms with E-state index in [-0.39, 0.29) is 11.7 Å². The van der Waals surface area contributed by atoms with Crippen LogP contribution in [0.3, 0.4) is 0 Å². The highest BCUT2D eigenvalue weighted by molar-refractivity contribution is 7.10. The maximum absolute atomic E-state index is 13.3. The summed E-state index contributed by atoms with van der Waals surface area (Å²) < 4.78 is 0. The number of thiophene rings is 1. The molecule has 1 saturated carbocycles. The maximum Gasteiger partial charge on any atom is 0.256 e. The average molecular weight is 513 g/mol. The summed E-state index contributed by atoms with van der Waals surface area (Å²) in [5, 5.41) is 5.09. The molecule has 2 aliphatic heterocycles. The normalized spacial score (nSPS) is 18.3. The van der Waals surface area contributed by atoms with Gasteiger partial charge in [0.15, 0.2) is 5.78 Å². The zero-order valence-electron chi connectivity index (χ0n) is 21.2. The molecule has 0 bridgehead atoms. The fourth-order valence-electron chi connectivity index (χ4n) is 5.35. The number of carbonyl (C=O) groups is 2. The van der Waals surface area contributed by atoms with Gasteiger partial charge in [-0.1, -0.05) is 18.2 Å². The van der Waals surface area contributed by atoms with E-state index >= 15 is 0 Å². The van der Waals surface area contributed by atoms with Crippen molar-refractivity contribution in [2.24, 2.45) is 10.9 Å². The van der Waals surface area contributed by atoms with Crippen LogP contribution in [0, 0.1) is 5.92 Å². The lowest BCUT2D eigenvalue weighted by molar-refractivity contribution is 0.0966. The second-order valence-electron chi connectivity index (χ2n) is 10.4. The van der Waals surface area contributed by atoms with E-state index in [1.54, 1.807) is 11.3 Å². The summed E-state index contributed by atoms with van der Waals surface area (Å²) in [5.41, 5.74) is 4.33. The van der Waals surface area contributed by atoms with Crippen molar-refractivity contribution in [3.8, 4) is 0 Å². The van der Waals surface area contributed by atoms with Crippen molar-refractivity contribution in [1.82, 2.24) is 10.2 Å². The summed E-state index contributed by atoms with van der Waals surface area (Å²) in [4.78, 5) is 36.9. The molecule has 0 radical (unpaired) electrons. The van der Waals surface area contributed by atoms with Crippen LogP contribution in [0.1, 0.15) is 61.9 Å². The molecule has 190 valence electrons. The van der Waals surface area contributed by atoms with Crippen molar-refractivity contribution in [3.05, 3.63) is 87.1 Å². The highest BCUT2D eigenvalue weighted by atomic mass is 32.1. The minimum Gasteiger partial charge on any atom is -0.369 e. The number of benzene rings is 2. The van der Waals surface area contributed by atoms with Crippen LogP contribution in [0.25, 0.3) is 0 Å². The number of piperazine rings is 1. The van der Waals surface area contributed by atoms with E-state index in [1.807, 2.05) is 42.5 Å². The van der Waals surface area contributed by atoms with Crippen molar-refractivity contribution >= 4 is 34.6 Å². The highest BCUT2D eigenvalue weighted by Crippen LogP contribution is 2.46. The standard InChI is InChI=1S/C30H32N4O2S/c1-33-12-14-34(15-13-33)24-10-8-21(9-11-24)30(36)32-29-26-17-22(6-7-23(26)19-31-29)27(35)18-25(20-4-5-20)28-3-2-16-37-28/h2-3,6-11,16-17,20,25H,4-5,12-15,18-19H2,1H3,(H,31,32,36). The SMILES string of the molecule is CN1CCN(c2ccc(C(=O)NC3=NCc4ccc(C(=O)CC(c5cccs5)C5CC5)cc43)cc2)CC1. The molecule has 3 aromatic rings. The number of likely N-dealkylation sites (N-methyl/N-ethyl adjacent to an activating group) is 1. The fourth-order valence-corrected chi connectivity index (χ4v) is 6.27. The van der Waals surface area contributed by atoms with Gasteiger partial charge >= 0.3 is 0 Å². The number of carbonyl (C=O) groups excluding carboxylic acids is 2. The average Bonchev–Trinajstić information content (AvgIpc) is 3.46. The molecule has 0 spiro atoms. The number of fused-ring (bicyclic) bond motifs is 1. The van der Waals surface area contributed by atoms with Gasteiger partial charge in [0, 0.05) is 65.8 Å². The summed E-state index contributed by atoms with van der Waals surface area (Å²) in [6, 6.07) is 17.8. The van der Waals surface area contributed by atoms with Crippen molar-refractivity contribution in [3.63, 3.8) is 0 Å². The Labute approximate surface area is 222 Å². The third-order valence-corrected chi connectivity index (χ3v) is 8.83. The Morgan fingerprint density at radius 1 is 1.03 bits per heavy atom. The lowest BCUT2D eigenvalue weighted by Gasteiger charge is -2.34. The van der Waals surface area contributed by atoms with Gasteiger partial charge in [-0.05, 0) is 73.1 Å². The molecule has 1 aromatic heterocycles. The molecular formula is C30H32N4O2S. The summed E-state index contributed by atoms with van der Waals surface area (Å²) in [5.74, 6) is 1.46. The Bertz CT molecular complexity index is 1320. The van der Waals surface area contributed by atoms with Gasteiger partial charge in [-0.3, -0.25) is 14.6 Å². The molecule has 1 N–H and O–H groups in total. The van der Waals surface area contributed by atoms with Crippen molar-refractivity contribution in [1.29, 1.82) is 0 Å². The summed E-state index contributed by atoms with van der Waals surface area (Å²) in [7, 11) is 2.14. The molecule has 3 heterocycles. The van der Waals surface area contributed by atoms with Gasteiger partial charge in [0.05, 0.1) is 6.54 Å². The Morgan fingerprint density at radius 3 is 2.49 bits per heavy atom. The molecule has 2 fully saturated rings. The topological polar surface area (TPSA) is 65.0 Å². The molecular weight excluding hydrogens is 480 g/mol. The first-order valence-corrected chi connectivity index (χ1v) is 14.0. The van der Waals surface area contributed by atoms with Crippen LogP contribution in [-0.2, 0) is 6.54 Å².